The second-order valence-corrected chi connectivity index (χ2v) is 5.00. The number of hydrogen-bond donors (Lipinski definition) is 1. The SMILES string of the molecule is CCC1CN(C(=O)c2ccc(OC)cc2)CCC1O. The number of likely N-dealkylation sites (tertiary alicyclic amines) is 1. The van der Waals surface area contributed by atoms with Crippen molar-refractivity contribution in [1.82, 2.24) is 4.90 Å². The van der Waals surface area contributed by atoms with Gasteiger partial charge in [-0.25, -0.2) is 0 Å². The Balaban J connectivity index is 2.06. The van der Waals surface area contributed by atoms with Crippen LogP contribution in [0.5, 0.6) is 5.75 Å². The van der Waals surface area contributed by atoms with Crippen molar-refractivity contribution in [3.05, 3.63) is 29.8 Å². The fraction of sp³-hybridized carbons (Fsp3) is 0.533. The molecule has 0 spiro atoms. The average Bonchev–Trinajstić information content (AvgIpc) is 2.47. The fourth-order valence-electron chi connectivity index (χ4n) is 2.52. The molecular formula is C15H21NO3. The number of amides is 1. The topological polar surface area (TPSA) is 49.8 Å². The Bertz CT molecular complexity index is 430. The lowest BCUT2D eigenvalue weighted by Crippen LogP contribution is -2.45. The summed E-state index contributed by atoms with van der Waals surface area (Å²) >= 11 is 0. The number of aliphatic hydroxyl groups excluding tert-OH is 1. The molecule has 1 saturated heterocycles. The predicted octanol–water partition coefficient (Wildman–Crippen LogP) is 1.93. The van der Waals surface area contributed by atoms with Gasteiger partial charge in [-0.1, -0.05) is 6.92 Å². The van der Waals surface area contributed by atoms with Crippen molar-refractivity contribution < 1.29 is 14.6 Å². The van der Waals surface area contributed by atoms with Crippen molar-refractivity contribution in [2.24, 2.45) is 5.92 Å². The molecule has 0 aliphatic carbocycles. The fourth-order valence-corrected chi connectivity index (χ4v) is 2.52. The lowest BCUT2D eigenvalue weighted by Gasteiger charge is -2.35. The molecule has 1 aromatic carbocycles. The maximum atomic E-state index is 12.4. The van der Waals surface area contributed by atoms with Crippen LogP contribution in [0.2, 0.25) is 0 Å². The molecular weight excluding hydrogens is 242 g/mol. The predicted molar refractivity (Wildman–Crippen MR) is 73.3 cm³/mol. The number of methoxy groups -OCH3 is 1. The zero-order valence-electron chi connectivity index (χ0n) is 11.5. The van der Waals surface area contributed by atoms with Gasteiger partial charge in [-0.3, -0.25) is 4.79 Å². The third kappa shape index (κ3) is 3.07. The highest BCUT2D eigenvalue weighted by atomic mass is 16.5. The van der Waals surface area contributed by atoms with E-state index in [0.29, 0.717) is 25.1 Å². The highest BCUT2D eigenvalue weighted by Crippen LogP contribution is 2.22. The second-order valence-electron chi connectivity index (χ2n) is 5.00. The molecule has 104 valence electrons. The van der Waals surface area contributed by atoms with Gasteiger partial charge in [-0.2, -0.15) is 0 Å². The summed E-state index contributed by atoms with van der Waals surface area (Å²) in [5.74, 6) is 0.973. The van der Waals surface area contributed by atoms with Gasteiger partial charge >= 0.3 is 0 Å². The van der Waals surface area contributed by atoms with E-state index >= 15 is 0 Å². The third-order valence-electron chi connectivity index (χ3n) is 3.84. The number of ether oxygens (including phenoxy) is 1. The summed E-state index contributed by atoms with van der Waals surface area (Å²) in [5, 5.41) is 9.85. The number of hydrogen-bond acceptors (Lipinski definition) is 3. The summed E-state index contributed by atoms with van der Waals surface area (Å²) in [7, 11) is 1.61. The minimum atomic E-state index is -0.273. The summed E-state index contributed by atoms with van der Waals surface area (Å²) in [6, 6.07) is 7.16. The summed E-state index contributed by atoms with van der Waals surface area (Å²) in [6.45, 7) is 3.32. The smallest absolute Gasteiger partial charge is 0.253 e. The van der Waals surface area contributed by atoms with Gasteiger partial charge in [0.1, 0.15) is 5.75 Å². The first-order valence-electron chi connectivity index (χ1n) is 6.77. The Kier molecular flexibility index (Phi) is 4.43. The number of piperidine rings is 1. The maximum Gasteiger partial charge on any atom is 0.253 e. The molecule has 4 nitrogen and oxygen atoms in total. The molecule has 1 aliphatic heterocycles. The van der Waals surface area contributed by atoms with E-state index in [0.717, 1.165) is 12.2 Å². The van der Waals surface area contributed by atoms with Crippen molar-refractivity contribution in [2.45, 2.75) is 25.9 Å². The van der Waals surface area contributed by atoms with E-state index in [9.17, 15) is 9.90 Å². The number of benzene rings is 1. The number of aliphatic hydroxyl groups is 1. The van der Waals surface area contributed by atoms with Gasteiger partial charge in [0.05, 0.1) is 13.2 Å². The van der Waals surface area contributed by atoms with E-state index in [2.05, 4.69) is 6.92 Å². The van der Waals surface area contributed by atoms with Gasteiger partial charge in [0.25, 0.3) is 5.91 Å². The van der Waals surface area contributed by atoms with Gasteiger partial charge in [-0.05, 0) is 37.1 Å². The lowest BCUT2D eigenvalue weighted by molar-refractivity contribution is 0.0229. The van der Waals surface area contributed by atoms with Crippen LogP contribution in [-0.4, -0.2) is 42.2 Å². The van der Waals surface area contributed by atoms with Crippen LogP contribution >= 0.6 is 0 Å². The van der Waals surface area contributed by atoms with Gasteiger partial charge in [0.2, 0.25) is 0 Å². The number of rotatable bonds is 3. The highest BCUT2D eigenvalue weighted by molar-refractivity contribution is 5.94. The molecule has 2 rings (SSSR count). The first-order valence-corrected chi connectivity index (χ1v) is 6.77. The normalized spacial score (nSPS) is 23.2. The van der Waals surface area contributed by atoms with Crippen LogP contribution in [0.15, 0.2) is 24.3 Å². The number of carbonyl (C=O) groups excluding carboxylic acids is 1. The molecule has 1 fully saturated rings. The maximum absolute atomic E-state index is 12.4. The molecule has 0 aromatic heterocycles. The van der Waals surface area contributed by atoms with E-state index in [1.54, 1.807) is 31.4 Å². The first-order chi connectivity index (χ1) is 9.15. The van der Waals surface area contributed by atoms with E-state index in [-0.39, 0.29) is 17.9 Å². The van der Waals surface area contributed by atoms with Crippen LogP contribution in [0, 0.1) is 5.92 Å². The van der Waals surface area contributed by atoms with Crippen molar-refractivity contribution in [3.63, 3.8) is 0 Å². The van der Waals surface area contributed by atoms with E-state index in [1.165, 1.54) is 0 Å². The Morgan fingerprint density at radius 3 is 2.68 bits per heavy atom. The molecule has 19 heavy (non-hydrogen) atoms. The molecule has 0 saturated carbocycles. The summed E-state index contributed by atoms with van der Waals surface area (Å²) in [6.07, 6.45) is 1.29. The Hall–Kier alpha value is -1.55. The Morgan fingerprint density at radius 1 is 1.42 bits per heavy atom. The molecule has 2 unspecified atom stereocenters. The zero-order chi connectivity index (χ0) is 13.8. The van der Waals surface area contributed by atoms with E-state index < -0.39 is 0 Å². The van der Waals surface area contributed by atoms with Crippen molar-refractivity contribution in [1.29, 1.82) is 0 Å². The molecule has 1 aliphatic rings. The number of carbonyl (C=O) groups is 1. The minimum absolute atomic E-state index is 0.0352. The zero-order valence-corrected chi connectivity index (χ0v) is 11.5. The van der Waals surface area contributed by atoms with Crippen LogP contribution in [0.25, 0.3) is 0 Å². The summed E-state index contributed by atoms with van der Waals surface area (Å²) in [5.41, 5.74) is 0.673. The third-order valence-corrected chi connectivity index (χ3v) is 3.84. The molecule has 4 heteroatoms. The van der Waals surface area contributed by atoms with Gasteiger partial charge in [-0.15, -0.1) is 0 Å². The molecule has 2 atom stereocenters. The Morgan fingerprint density at radius 2 is 2.11 bits per heavy atom. The molecule has 1 aromatic rings. The van der Waals surface area contributed by atoms with Crippen molar-refractivity contribution in [2.75, 3.05) is 20.2 Å². The molecule has 1 heterocycles. The molecule has 1 N–H and O–H groups in total. The molecule has 1 amide bonds. The quantitative estimate of drug-likeness (QED) is 0.906. The monoisotopic (exact) mass is 263 g/mol. The second kappa shape index (κ2) is 6.06. The van der Waals surface area contributed by atoms with Crippen LogP contribution in [0.1, 0.15) is 30.1 Å². The van der Waals surface area contributed by atoms with E-state index in [4.69, 9.17) is 4.74 Å². The largest absolute Gasteiger partial charge is 0.497 e. The Labute approximate surface area is 114 Å². The van der Waals surface area contributed by atoms with Gasteiger partial charge in [0.15, 0.2) is 0 Å². The van der Waals surface area contributed by atoms with Crippen LogP contribution < -0.4 is 4.74 Å². The van der Waals surface area contributed by atoms with Crippen molar-refractivity contribution >= 4 is 5.91 Å². The van der Waals surface area contributed by atoms with Gasteiger partial charge in [0, 0.05) is 24.6 Å². The van der Waals surface area contributed by atoms with Crippen molar-refractivity contribution in [3.8, 4) is 5.75 Å². The standard InChI is InChI=1S/C15H21NO3/c1-3-11-10-16(9-8-14(11)17)15(18)12-4-6-13(19-2)7-5-12/h4-7,11,14,17H,3,8-10H2,1-2H3. The minimum Gasteiger partial charge on any atom is -0.497 e. The van der Waals surface area contributed by atoms with Crippen LogP contribution in [0.3, 0.4) is 0 Å². The highest BCUT2D eigenvalue weighted by Gasteiger charge is 2.29. The summed E-state index contributed by atoms with van der Waals surface area (Å²) in [4.78, 5) is 14.2. The lowest BCUT2D eigenvalue weighted by atomic mass is 9.92. The molecule has 0 bridgehead atoms. The van der Waals surface area contributed by atoms with Crippen LogP contribution in [0.4, 0.5) is 0 Å². The average molecular weight is 263 g/mol. The molecule has 0 radical (unpaired) electrons. The number of nitrogens with zero attached hydrogens (tertiary/aromatic N) is 1. The summed E-state index contributed by atoms with van der Waals surface area (Å²) < 4.78 is 5.08. The van der Waals surface area contributed by atoms with Gasteiger partial charge < -0.3 is 14.7 Å². The first kappa shape index (κ1) is 13.9. The van der Waals surface area contributed by atoms with E-state index in [1.807, 2.05) is 4.90 Å². The van der Waals surface area contributed by atoms with Crippen LogP contribution in [-0.2, 0) is 0 Å².